The number of ether oxygens (including phenoxy) is 3. The van der Waals surface area contributed by atoms with Crippen LogP contribution >= 0.6 is 0 Å². The summed E-state index contributed by atoms with van der Waals surface area (Å²) in [4.78, 5) is 41.0. The minimum absolute atomic E-state index is 0.00803. The molecule has 4 aliphatic rings. The molecule has 4 aliphatic heterocycles. The number of esters is 2. The molecule has 9 nitrogen and oxygen atoms in total. The van der Waals surface area contributed by atoms with Crippen LogP contribution in [0.25, 0.3) is 0 Å². The summed E-state index contributed by atoms with van der Waals surface area (Å²) in [7, 11) is 1.63. The summed E-state index contributed by atoms with van der Waals surface area (Å²) in [6.45, 7) is 6.12. The van der Waals surface area contributed by atoms with E-state index < -0.39 is 11.5 Å². The van der Waals surface area contributed by atoms with E-state index >= 15 is 0 Å². The topological polar surface area (TPSA) is 106 Å². The summed E-state index contributed by atoms with van der Waals surface area (Å²) in [5.74, 6) is -0.700. The Morgan fingerprint density at radius 2 is 1.82 bits per heavy atom. The Kier molecular flexibility index (Phi) is 5.74. The molecule has 0 bridgehead atoms. The number of benzene rings is 1. The number of aliphatic hydroxyl groups is 1. The predicted molar refractivity (Wildman–Crippen MR) is 120 cm³/mol. The van der Waals surface area contributed by atoms with E-state index in [4.69, 9.17) is 14.2 Å². The van der Waals surface area contributed by atoms with E-state index in [1.807, 2.05) is 6.92 Å². The average Bonchev–Trinajstić information content (AvgIpc) is 3.45. The summed E-state index contributed by atoms with van der Waals surface area (Å²) < 4.78 is 16.0. The van der Waals surface area contributed by atoms with Crippen molar-refractivity contribution in [2.45, 2.75) is 45.5 Å². The van der Waals surface area contributed by atoms with Gasteiger partial charge in [-0.25, -0.2) is 9.59 Å². The molecule has 1 spiro atoms. The molecule has 1 aromatic carbocycles. The molecule has 0 aromatic heterocycles. The number of aliphatic hydroxyl groups excluding tert-OH is 1. The largest absolute Gasteiger partial charge is 0.457 e. The van der Waals surface area contributed by atoms with Crippen LogP contribution in [0.3, 0.4) is 0 Å². The van der Waals surface area contributed by atoms with Gasteiger partial charge in [0.15, 0.2) is 0 Å². The Hall–Kier alpha value is -2.75. The molecule has 4 heterocycles. The van der Waals surface area contributed by atoms with Gasteiger partial charge in [-0.2, -0.15) is 0 Å². The van der Waals surface area contributed by atoms with Gasteiger partial charge in [-0.1, -0.05) is 6.07 Å². The highest BCUT2D eigenvalue weighted by atomic mass is 16.5. The highest BCUT2D eigenvalue weighted by molar-refractivity contribution is 5.95. The lowest BCUT2D eigenvalue weighted by Crippen LogP contribution is -2.49. The lowest BCUT2D eigenvalue weighted by Gasteiger charge is -2.41. The molecule has 182 valence electrons. The normalized spacial score (nSPS) is 25.2. The number of methoxy groups -OCH3 is 1. The van der Waals surface area contributed by atoms with Crippen molar-refractivity contribution in [3.63, 3.8) is 0 Å². The van der Waals surface area contributed by atoms with Crippen molar-refractivity contribution >= 4 is 17.8 Å². The van der Waals surface area contributed by atoms with E-state index in [2.05, 4.69) is 4.90 Å². The Labute approximate surface area is 198 Å². The first kappa shape index (κ1) is 23.0. The van der Waals surface area contributed by atoms with Crippen LogP contribution in [0.1, 0.15) is 52.9 Å². The molecule has 1 aromatic rings. The summed E-state index contributed by atoms with van der Waals surface area (Å²) >= 11 is 0. The van der Waals surface area contributed by atoms with Crippen molar-refractivity contribution in [1.29, 1.82) is 0 Å². The number of piperidine rings is 1. The monoisotopic (exact) mass is 470 g/mol. The van der Waals surface area contributed by atoms with Gasteiger partial charge < -0.3 is 29.1 Å². The molecule has 0 radical (unpaired) electrons. The van der Waals surface area contributed by atoms with Crippen molar-refractivity contribution < 1.29 is 33.7 Å². The molecular weight excluding hydrogens is 440 g/mol. The molecule has 0 aliphatic carbocycles. The number of hydrogen-bond acceptors (Lipinski definition) is 8. The molecular formula is C25H30N2O7. The number of amides is 1. The first-order valence-electron chi connectivity index (χ1n) is 11.7. The molecule has 34 heavy (non-hydrogen) atoms. The maximum Gasteiger partial charge on any atom is 0.338 e. The molecule has 2 atom stereocenters. The Morgan fingerprint density at radius 1 is 1.12 bits per heavy atom. The average molecular weight is 471 g/mol. The van der Waals surface area contributed by atoms with Crippen LogP contribution in [0.4, 0.5) is 0 Å². The number of carbonyl (C=O) groups is 3. The fraction of sp³-hybridized carbons (Fsp3) is 0.560. The zero-order chi connectivity index (χ0) is 24.2. The second-order valence-electron chi connectivity index (χ2n) is 9.64. The molecule has 2 saturated heterocycles. The van der Waals surface area contributed by atoms with E-state index in [-0.39, 0.29) is 37.2 Å². The van der Waals surface area contributed by atoms with Gasteiger partial charge in [0.05, 0.1) is 41.0 Å². The summed E-state index contributed by atoms with van der Waals surface area (Å²) in [5, 5.41) is 11.0. The van der Waals surface area contributed by atoms with Crippen molar-refractivity contribution in [2.75, 3.05) is 39.9 Å². The van der Waals surface area contributed by atoms with E-state index in [9.17, 15) is 19.5 Å². The zero-order valence-corrected chi connectivity index (χ0v) is 19.8. The fourth-order valence-electron chi connectivity index (χ4n) is 5.85. The van der Waals surface area contributed by atoms with E-state index in [0.29, 0.717) is 55.9 Å². The van der Waals surface area contributed by atoms with E-state index in [1.54, 1.807) is 31.1 Å². The van der Waals surface area contributed by atoms with Crippen LogP contribution in [0.2, 0.25) is 0 Å². The molecule has 0 saturated carbocycles. The maximum absolute atomic E-state index is 13.6. The van der Waals surface area contributed by atoms with Gasteiger partial charge in [0.1, 0.15) is 13.2 Å². The number of fused-ring (bicyclic) bond motifs is 1. The van der Waals surface area contributed by atoms with Crippen molar-refractivity contribution in [2.24, 2.45) is 5.41 Å². The number of rotatable bonds is 5. The summed E-state index contributed by atoms with van der Waals surface area (Å²) in [5.41, 5.74) is 3.58. The van der Waals surface area contributed by atoms with Crippen LogP contribution < -0.4 is 0 Å². The quantitative estimate of drug-likeness (QED) is 0.645. The van der Waals surface area contributed by atoms with E-state index in [0.717, 1.165) is 16.7 Å². The minimum Gasteiger partial charge on any atom is -0.457 e. The van der Waals surface area contributed by atoms with Gasteiger partial charge in [0.2, 0.25) is 5.91 Å². The van der Waals surface area contributed by atoms with Crippen LogP contribution in [0, 0.1) is 12.3 Å². The maximum atomic E-state index is 13.6. The Bertz CT molecular complexity index is 1090. The second-order valence-corrected chi connectivity index (χ2v) is 9.64. The number of cyclic esters (lactones) is 2. The number of likely N-dealkylation sites (tertiary alicyclic amines) is 2. The predicted octanol–water partition coefficient (Wildman–Crippen LogP) is 1.47. The SMILES string of the molecule is COC1CN(C2=C(C)C(=O)OC2)C(=O)C12CCN(C[C@H](O)c1ccc3c(c1C)COC3=O)CC2. The van der Waals surface area contributed by atoms with Crippen molar-refractivity contribution in [3.05, 3.63) is 45.7 Å². The van der Waals surface area contributed by atoms with Gasteiger partial charge in [0, 0.05) is 19.2 Å². The second kappa shape index (κ2) is 8.48. The van der Waals surface area contributed by atoms with Crippen LogP contribution in [0.5, 0.6) is 0 Å². The minimum atomic E-state index is -0.710. The number of carbonyl (C=O) groups excluding carboxylic acids is 3. The number of β-amino-alcohol motifs (C(OH)–C–C–N with tert-alkyl or cyclic N) is 1. The summed E-state index contributed by atoms with van der Waals surface area (Å²) in [6.07, 6.45) is 0.249. The highest BCUT2D eigenvalue weighted by Gasteiger charge is 2.56. The first-order valence-corrected chi connectivity index (χ1v) is 11.7. The Morgan fingerprint density at radius 3 is 2.47 bits per heavy atom. The lowest BCUT2D eigenvalue weighted by atomic mass is 9.75. The van der Waals surface area contributed by atoms with Crippen LogP contribution in [-0.2, 0) is 30.4 Å². The van der Waals surface area contributed by atoms with Gasteiger partial charge in [0.25, 0.3) is 0 Å². The van der Waals surface area contributed by atoms with Gasteiger partial charge >= 0.3 is 11.9 Å². The lowest BCUT2D eigenvalue weighted by molar-refractivity contribution is -0.141. The fourth-order valence-corrected chi connectivity index (χ4v) is 5.85. The molecule has 1 N–H and O–H groups in total. The van der Waals surface area contributed by atoms with E-state index in [1.165, 1.54) is 0 Å². The van der Waals surface area contributed by atoms with Gasteiger partial charge in [-0.15, -0.1) is 0 Å². The first-order chi connectivity index (χ1) is 16.3. The molecule has 1 unspecified atom stereocenters. The summed E-state index contributed by atoms with van der Waals surface area (Å²) in [6, 6.07) is 3.53. The molecule has 5 rings (SSSR count). The Balaban J connectivity index is 1.27. The standard InChI is InChI=1S/C25H30N2O7/c1-14-16(4-5-17-18(14)12-33-23(17)30)20(28)10-26-8-6-25(7-9-26)21(32-3)11-27(24(25)31)19-13-34-22(29)15(19)2/h4-5,20-21,28H,6-13H2,1-3H3/t20-,21?/m0/s1. The molecule has 2 fully saturated rings. The van der Waals surface area contributed by atoms with Gasteiger partial charge in [-0.3, -0.25) is 4.79 Å². The van der Waals surface area contributed by atoms with Crippen molar-refractivity contribution in [1.82, 2.24) is 9.80 Å². The van der Waals surface area contributed by atoms with Crippen LogP contribution in [-0.4, -0.2) is 78.8 Å². The number of hydrogen-bond donors (Lipinski definition) is 1. The zero-order valence-electron chi connectivity index (χ0n) is 19.8. The third-order valence-corrected chi connectivity index (χ3v) is 8.07. The molecule has 1 amide bonds. The smallest absolute Gasteiger partial charge is 0.338 e. The highest BCUT2D eigenvalue weighted by Crippen LogP contribution is 2.45. The van der Waals surface area contributed by atoms with Gasteiger partial charge in [-0.05, 0) is 57.0 Å². The third-order valence-electron chi connectivity index (χ3n) is 8.07. The van der Waals surface area contributed by atoms with Crippen LogP contribution in [0.15, 0.2) is 23.4 Å². The number of nitrogens with zero attached hydrogens (tertiary/aromatic N) is 2. The molecule has 9 heteroatoms. The van der Waals surface area contributed by atoms with Crippen molar-refractivity contribution in [3.8, 4) is 0 Å². The third kappa shape index (κ3) is 3.45.